The third kappa shape index (κ3) is 3.62. The zero-order valence-electron chi connectivity index (χ0n) is 14.9. The summed E-state index contributed by atoms with van der Waals surface area (Å²) >= 11 is 0. The second-order valence-electron chi connectivity index (χ2n) is 6.91. The van der Waals surface area contributed by atoms with Gasteiger partial charge in [0.05, 0.1) is 11.6 Å². The minimum atomic E-state index is -2.85. The lowest BCUT2D eigenvalue weighted by atomic mass is 9.82. The molecule has 1 saturated heterocycles. The van der Waals surface area contributed by atoms with Crippen LogP contribution in [-0.2, 0) is 12.0 Å². The van der Waals surface area contributed by atoms with Crippen molar-refractivity contribution in [2.45, 2.75) is 30.7 Å². The third-order valence-electron chi connectivity index (χ3n) is 4.81. The Kier molecular flexibility index (Phi) is 4.61. The van der Waals surface area contributed by atoms with Crippen molar-refractivity contribution in [2.24, 2.45) is 0 Å². The number of benzene rings is 1. The molecular weight excluding hydrogens is 364 g/mol. The van der Waals surface area contributed by atoms with Gasteiger partial charge in [0.1, 0.15) is 5.54 Å². The van der Waals surface area contributed by atoms with Crippen LogP contribution in [0.2, 0.25) is 0 Å². The maximum absolute atomic E-state index is 14.3. The van der Waals surface area contributed by atoms with E-state index < -0.39 is 17.9 Å². The highest BCUT2D eigenvalue weighted by Crippen LogP contribution is 2.41. The Labute approximate surface area is 160 Å². The van der Waals surface area contributed by atoms with E-state index in [0.29, 0.717) is 16.8 Å². The van der Waals surface area contributed by atoms with Gasteiger partial charge in [0.2, 0.25) is 11.7 Å². The molecule has 142 valence electrons. The molecule has 28 heavy (non-hydrogen) atoms. The zero-order chi connectivity index (χ0) is 19.6. The van der Waals surface area contributed by atoms with Crippen molar-refractivity contribution in [3.63, 3.8) is 0 Å². The second kappa shape index (κ2) is 7.09. The summed E-state index contributed by atoms with van der Waals surface area (Å²) in [5.41, 5.74) is 0.478. The summed E-state index contributed by atoms with van der Waals surface area (Å²) in [6, 6.07) is 14.2. The van der Waals surface area contributed by atoms with Crippen LogP contribution in [0.5, 0.6) is 0 Å². The van der Waals surface area contributed by atoms with E-state index in [9.17, 15) is 8.78 Å². The first-order valence-electron chi connectivity index (χ1n) is 8.87. The highest BCUT2D eigenvalue weighted by Gasteiger charge is 2.50. The molecule has 0 saturated carbocycles. The molecule has 0 radical (unpaired) electrons. The summed E-state index contributed by atoms with van der Waals surface area (Å²) in [6.45, 7) is 0.126. The number of hydrogen-bond acceptors (Lipinski definition) is 6. The number of nitriles is 1. The average molecular weight is 381 g/mol. The van der Waals surface area contributed by atoms with Crippen molar-refractivity contribution in [2.75, 3.05) is 6.54 Å². The molecule has 0 amide bonds. The van der Waals surface area contributed by atoms with Gasteiger partial charge in [-0.1, -0.05) is 23.4 Å². The van der Waals surface area contributed by atoms with E-state index in [1.165, 1.54) is 0 Å². The smallest absolute Gasteiger partial charge is 0.251 e. The van der Waals surface area contributed by atoms with Gasteiger partial charge in [-0.05, 0) is 24.3 Å². The zero-order valence-corrected chi connectivity index (χ0v) is 14.9. The molecule has 1 unspecified atom stereocenters. The summed E-state index contributed by atoms with van der Waals surface area (Å²) in [4.78, 5) is 8.67. The summed E-state index contributed by atoms with van der Waals surface area (Å²) in [6.07, 6.45) is 1.11. The lowest BCUT2D eigenvalue weighted by Crippen LogP contribution is -2.54. The first-order chi connectivity index (χ1) is 13.5. The molecule has 1 atom stereocenters. The first-order valence-corrected chi connectivity index (χ1v) is 8.87. The molecule has 0 bridgehead atoms. The van der Waals surface area contributed by atoms with Crippen molar-refractivity contribution in [3.05, 3.63) is 65.8 Å². The standard InChI is InChI=1S/C20H17F2N5O/c21-20(22)7-9-25-19(13-20,11-16-6-1-2-8-24-16)18-26-17(27-28-18)15-5-3-4-14(10-15)12-23/h1-6,8,10,25H,7,9,11,13H2. The Hall–Kier alpha value is -3.18. The molecule has 1 N–H and O–H groups in total. The van der Waals surface area contributed by atoms with Crippen molar-refractivity contribution < 1.29 is 13.3 Å². The molecule has 1 aliphatic heterocycles. The lowest BCUT2D eigenvalue weighted by molar-refractivity contribution is -0.0714. The Bertz CT molecular complexity index is 1010. The molecular formula is C20H17F2N5O. The van der Waals surface area contributed by atoms with Crippen molar-refractivity contribution >= 4 is 0 Å². The van der Waals surface area contributed by atoms with Gasteiger partial charge in [-0.15, -0.1) is 0 Å². The first kappa shape index (κ1) is 18.2. The van der Waals surface area contributed by atoms with Gasteiger partial charge < -0.3 is 9.84 Å². The van der Waals surface area contributed by atoms with Crippen LogP contribution in [0.1, 0.15) is 30.0 Å². The quantitative estimate of drug-likeness (QED) is 0.745. The number of nitrogens with zero attached hydrogens (tertiary/aromatic N) is 4. The Morgan fingerprint density at radius 3 is 2.86 bits per heavy atom. The normalized spacial score (nSPS) is 21.2. The van der Waals surface area contributed by atoms with Gasteiger partial charge in [-0.3, -0.25) is 4.98 Å². The van der Waals surface area contributed by atoms with E-state index >= 15 is 0 Å². The second-order valence-corrected chi connectivity index (χ2v) is 6.91. The number of rotatable bonds is 4. The van der Waals surface area contributed by atoms with Crippen LogP contribution in [0.25, 0.3) is 11.4 Å². The molecule has 3 heterocycles. The fraction of sp³-hybridized carbons (Fsp3) is 0.300. The van der Waals surface area contributed by atoms with Gasteiger partial charge in [0.15, 0.2) is 0 Å². The predicted octanol–water partition coefficient (Wildman–Crippen LogP) is 3.46. The average Bonchev–Trinajstić information content (AvgIpc) is 3.19. The summed E-state index contributed by atoms with van der Waals surface area (Å²) in [5, 5.41) is 16.2. The van der Waals surface area contributed by atoms with Crippen LogP contribution in [0.15, 0.2) is 53.2 Å². The van der Waals surface area contributed by atoms with Crippen LogP contribution in [0.3, 0.4) is 0 Å². The predicted molar refractivity (Wildman–Crippen MR) is 96.3 cm³/mol. The number of nitrogens with one attached hydrogen (secondary N) is 1. The minimum Gasteiger partial charge on any atom is -0.337 e. The molecule has 1 fully saturated rings. The van der Waals surface area contributed by atoms with E-state index in [4.69, 9.17) is 9.78 Å². The maximum atomic E-state index is 14.3. The molecule has 0 aliphatic carbocycles. The summed E-state index contributed by atoms with van der Waals surface area (Å²) < 4.78 is 34.1. The van der Waals surface area contributed by atoms with Crippen molar-refractivity contribution in [1.29, 1.82) is 5.26 Å². The fourth-order valence-corrected chi connectivity index (χ4v) is 3.50. The lowest BCUT2D eigenvalue weighted by Gasteiger charge is -2.38. The molecule has 2 aromatic heterocycles. The van der Waals surface area contributed by atoms with Crippen LogP contribution in [-0.4, -0.2) is 27.6 Å². The van der Waals surface area contributed by atoms with Crippen LogP contribution in [0.4, 0.5) is 8.78 Å². The minimum absolute atomic E-state index is 0.0925. The van der Waals surface area contributed by atoms with E-state index in [0.717, 1.165) is 0 Å². The third-order valence-corrected chi connectivity index (χ3v) is 4.81. The highest BCUT2D eigenvalue weighted by molar-refractivity contribution is 5.57. The van der Waals surface area contributed by atoms with Gasteiger partial charge >= 0.3 is 0 Å². The Morgan fingerprint density at radius 2 is 2.11 bits per heavy atom. The summed E-state index contributed by atoms with van der Waals surface area (Å²) in [7, 11) is 0. The van der Waals surface area contributed by atoms with Crippen molar-refractivity contribution in [1.82, 2.24) is 20.4 Å². The molecule has 4 rings (SSSR count). The van der Waals surface area contributed by atoms with Crippen molar-refractivity contribution in [3.8, 4) is 17.5 Å². The molecule has 1 aliphatic rings. The van der Waals surface area contributed by atoms with Gasteiger partial charge in [0.25, 0.3) is 5.92 Å². The van der Waals surface area contributed by atoms with E-state index in [1.807, 2.05) is 6.07 Å². The van der Waals surface area contributed by atoms with E-state index in [-0.39, 0.29) is 31.1 Å². The van der Waals surface area contributed by atoms with Gasteiger partial charge in [-0.25, -0.2) is 8.78 Å². The molecule has 1 aromatic carbocycles. The number of piperidine rings is 1. The van der Waals surface area contributed by atoms with Gasteiger partial charge in [-0.2, -0.15) is 10.2 Å². The highest BCUT2D eigenvalue weighted by atomic mass is 19.3. The van der Waals surface area contributed by atoms with E-state index in [2.05, 4.69) is 26.5 Å². The van der Waals surface area contributed by atoms with Crippen LogP contribution in [0, 0.1) is 11.3 Å². The Balaban J connectivity index is 1.73. The SMILES string of the molecule is N#Cc1cccc(-c2noc(C3(Cc4ccccn4)CC(F)(F)CCN3)n2)c1. The van der Waals surface area contributed by atoms with E-state index in [1.54, 1.807) is 42.6 Å². The van der Waals surface area contributed by atoms with Gasteiger partial charge in [0, 0.05) is 43.3 Å². The largest absolute Gasteiger partial charge is 0.337 e. The number of alkyl halides is 2. The number of aromatic nitrogens is 3. The molecule has 0 spiro atoms. The number of hydrogen-bond donors (Lipinski definition) is 1. The topological polar surface area (TPSA) is 87.6 Å². The molecule has 6 nitrogen and oxygen atoms in total. The fourth-order valence-electron chi connectivity index (χ4n) is 3.50. The number of halogens is 2. The van der Waals surface area contributed by atoms with Crippen LogP contribution >= 0.6 is 0 Å². The summed E-state index contributed by atoms with van der Waals surface area (Å²) in [5.74, 6) is -2.51. The van der Waals surface area contributed by atoms with Crippen LogP contribution < -0.4 is 5.32 Å². The maximum Gasteiger partial charge on any atom is 0.251 e. The molecule has 8 heteroatoms. The Morgan fingerprint density at radius 1 is 1.21 bits per heavy atom. The number of pyridine rings is 1. The molecule has 3 aromatic rings. The monoisotopic (exact) mass is 381 g/mol.